The lowest BCUT2D eigenvalue weighted by Crippen LogP contribution is -2.37. The number of aromatic nitrogens is 1. The third kappa shape index (κ3) is 7.10. The Morgan fingerprint density at radius 1 is 0.943 bits per heavy atom. The van der Waals surface area contributed by atoms with E-state index in [0.717, 1.165) is 5.56 Å². The first-order valence-corrected chi connectivity index (χ1v) is 14.9. The summed E-state index contributed by atoms with van der Waals surface area (Å²) in [4.78, 5) is 41.7. The zero-order valence-electron chi connectivity index (χ0n) is 20.7. The lowest BCUT2D eigenvalue weighted by atomic mass is 9.97. The van der Waals surface area contributed by atoms with Crippen LogP contribution in [-0.4, -0.2) is 37.8 Å². The molecule has 0 aliphatic rings. The molecule has 2 amide bonds. The van der Waals surface area contributed by atoms with Gasteiger partial charge in [-0.1, -0.05) is 61.2 Å². The van der Waals surface area contributed by atoms with Crippen LogP contribution in [0, 0.1) is 0 Å². The minimum absolute atomic E-state index is 0.132. The van der Waals surface area contributed by atoms with Crippen molar-refractivity contribution in [1.29, 1.82) is 0 Å². The van der Waals surface area contributed by atoms with E-state index in [1.54, 1.807) is 43.5 Å². The predicted molar refractivity (Wildman–Crippen MR) is 140 cm³/mol. The lowest BCUT2D eigenvalue weighted by molar-refractivity contribution is -0.120. The fraction of sp³-hybridized carbons (Fsp3) is 0.259. The molecule has 8 heteroatoms. The summed E-state index contributed by atoms with van der Waals surface area (Å²) in [6.07, 6.45) is 1.55. The summed E-state index contributed by atoms with van der Waals surface area (Å²) in [6, 6.07) is 17.5. The fourth-order valence-corrected chi connectivity index (χ4v) is 4.74. The van der Waals surface area contributed by atoms with Crippen LogP contribution in [-0.2, 0) is 16.0 Å². The average Bonchev–Trinajstić information content (AvgIpc) is 2.82. The summed E-state index contributed by atoms with van der Waals surface area (Å²) < 4.78 is 5.23. The molecule has 0 spiro atoms. The molecule has 0 aliphatic heterocycles. The first-order chi connectivity index (χ1) is 16.6. The Bertz CT molecular complexity index is 1190. The van der Waals surface area contributed by atoms with Gasteiger partial charge in [-0.2, -0.15) is 0 Å². The molecule has 2 aromatic carbocycles. The predicted octanol–water partition coefficient (Wildman–Crippen LogP) is 3.88. The zero-order chi connectivity index (χ0) is 25.6. The van der Waals surface area contributed by atoms with Crippen LogP contribution in [0.1, 0.15) is 34.5 Å². The van der Waals surface area contributed by atoms with Crippen LogP contribution < -0.4 is 20.6 Å². The summed E-state index contributed by atoms with van der Waals surface area (Å²) in [6.45, 7) is 8.21. The second-order valence-electron chi connectivity index (χ2n) is 9.38. The summed E-state index contributed by atoms with van der Waals surface area (Å²) in [5, 5.41) is 6.74. The minimum atomic E-state index is -1.44. The maximum atomic E-state index is 13.4. The van der Waals surface area contributed by atoms with Gasteiger partial charge < -0.3 is 15.4 Å². The van der Waals surface area contributed by atoms with E-state index in [1.165, 1.54) is 18.3 Å². The van der Waals surface area contributed by atoms with Crippen molar-refractivity contribution in [2.24, 2.45) is 0 Å². The number of benzene rings is 2. The average molecular weight is 490 g/mol. The third-order valence-corrected chi connectivity index (χ3v) is 7.64. The van der Waals surface area contributed by atoms with E-state index in [4.69, 9.17) is 4.74 Å². The number of Topliss-reactive ketones (excluding diaryl/α,β-unsaturated/α-hetero) is 1. The van der Waals surface area contributed by atoms with Gasteiger partial charge in [0.2, 0.25) is 5.91 Å². The van der Waals surface area contributed by atoms with Crippen molar-refractivity contribution >= 4 is 36.7 Å². The molecule has 7 nitrogen and oxygen atoms in total. The van der Waals surface area contributed by atoms with E-state index in [-0.39, 0.29) is 23.7 Å². The topological polar surface area (TPSA) is 97.4 Å². The number of amides is 2. The van der Waals surface area contributed by atoms with Crippen molar-refractivity contribution in [1.82, 2.24) is 10.3 Å². The number of ether oxygens (including phenoxy) is 1. The number of carbonyl (C=O) groups is 3. The normalized spacial score (nSPS) is 11.9. The Morgan fingerprint density at radius 2 is 1.60 bits per heavy atom. The number of ketones is 1. The number of hydrogen-bond acceptors (Lipinski definition) is 5. The van der Waals surface area contributed by atoms with E-state index < -0.39 is 20.0 Å². The second kappa shape index (κ2) is 11.1. The summed E-state index contributed by atoms with van der Waals surface area (Å²) >= 11 is 0. The molecule has 35 heavy (non-hydrogen) atoms. The second-order valence-corrected chi connectivity index (χ2v) is 14.5. The molecule has 182 valence electrons. The molecule has 1 atom stereocenters. The number of carbonyl (C=O) groups excluding carboxylic acids is 3. The summed E-state index contributed by atoms with van der Waals surface area (Å²) in [5.74, 6) is 0.185. The summed E-state index contributed by atoms with van der Waals surface area (Å²) in [7, 11) is 0.135. The Labute approximate surface area is 206 Å². The van der Waals surface area contributed by atoms with Crippen LogP contribution in [0.3, 0.4) is 0 Å². The third-order valence-electron chi connectivity index (χ3n) is 5.57. The molecule has 3 rings (SSSR count). The smallest absolute Gasteiger partial charge is 0.253 e. The zero-order valence-corrected chi connectivity index (χ0v) is 21.7. The quantitative estimate of drug-likeness (QED) is 0.445. The SMILES string of the molecule is COc1ccc(C(NC(=O)c2ccc(NC(C)=O)nc2)C(=O)Cc2ccc([Si](C)(C)C)cc2)cc1. The van der Waals surface area contributed by atoms with Crippen LogP contribution in [0.4, 0.5) is 5.82 Å². The number of pyridine rings is 1. The van der Waals surface area contributed by atoms with Crippen molar-refractivity contribution in [3.8, 4) is 5.75 Å². The first-order valence-electron chi connectivity index (χ1n) is 11.4. The fourth-order valence-electron chi connectivity index (χ4n) is 3.57. The van der Waals surface area contributed by atoms with Crippen molar-refractivity contribution in [2.75, 3.05) is 12.4 Å². The Morgan fingerprint density at radius 3 is 2.11 bits per heavy atom. The van der Waals surface area contributed by atoms with Crippen molar-refractivity contribution in [3.05, 3.63) is 83.6 Å². The van der Waals surface area contributed by atoms with Gasteiger partial charge >= 0.3 is 0 Å². The van der Waals surface area contributed by atoms with E-state index in [2.05, 4.69) is 47.4 Å². The molecule has 0 saturated heterocycles. The number of nitrogens with zero attached hydrogens (tertiary/aromatic N) is 1. The summed E-state index contributed by atoms with van der Waals surface area (Å²) in [5.41, 5.74) is 1.83. The maximum Gasteiger partial charge on any atom is 0.253 e. The van der Waals surface area contributed by atoms with Gasteiger partial charge in [0.15, 0.2) is 5.78 Å². The van der Waals surface area contributed by atoms with Crippen molar-refractivity contribution < 1.29 is 19.1 Å². The number of hydrogen-bond donors (Lipinski definition) is 2. The lowest BCUT2D eigenvalue weighted by Gasteiger charge is -2.20. The van der Waals surface area contributed by atoms with Crippen LogP contribution >= 0.6 is 0 Å². The molecular weight excluding hydrogens is 458 g/mol. The van der Waals surface area contributed by atoms with Gasteiger partial charge in [-0.3, -0.25) is 14.4 Å². The van der Waals surface area contributed by atoms with Gasteiger partial charge in [0, 0.05) is 19.5 Å². The first kappa shape index (κ1) is 25.8. The molecule has 0 aliphatic carbocycles. The number of nitrogens with one attached hydrogen (secondary N) is 2. The molecule has 1 unspecified atom stereocenters. The molecule has 1 heterocycles. The highest BCUT2D eigenvalue weighted by atomic mass is 28.3. The van der Waals surface area contributed by atoms with Crippen LogP contribution in [0.2, 0.25) is 19.6 Å². The van der Waals surface area contributed by atoms with E-state index in [9.17, 15) is 14.4 Å². The van der Waals surface area contributed by atoms with Gasteiger partial charge in [-0.15, -0.1) is 0 Å². The Kier molecular flexibility index (Phi) is 8.19. The van der Waals surface area contributed by atoms with Crippen molar-refractivity contribution in [2.45, 2.75) is 39.0 Å². The Balaban J connectivity index is 1.82. The molecule has 2 N–H and O–H groups in total. The van der Waals surface area contributed by atoms with Crippen molar-refractivity contribution in [3.63, 3.8) is 0 Å². The standard InChI is InChI=1S/C27H31N3O4Si/c1-18(31)29-25-15-10-21(17-28-25)27(33)30-26(20-8-11-22(34-2)12-9-20)24(32)16-19-6-13-23(14-7-19)35(3,4)5/h6-15,17,26H,16H2,1-5H3,(H,30,33)(H,28,29,31). The maximum absolute atomic E-state index is 13.4. The molecule has 0 fully saturated rings. The highest BCUT2D eigenvalue weighted by Gasteiger charge is 2.24. The van der Waals surface area contributed by atoms with Crippen LogP contribution in [0.5, 0.6) is 5.75 Å². The van der Waals surface area contributed by atoms with E-state index in [0.29, 0.717) is 17.1 Å². The van der Waals surface area contributed by atoms with Gasteiger partial charge in [-0.05, 0) is 35.4 Å². The number of rotatable bonds is 9. The molecular formula is C27H31N3O4Si. The minimum Gasteiger partial charge on any atom is -0.497 e. The highest BCUT2D eigenvalue weighted by Crippen LogP contribution is 2.21. The van der Waals surface area contributed by atoms with Crippen LogP contribution in [0.15, 0.2) is 66.9 Å². The van der Waals surface area contributed by atoms with Crippen LogP contribution in [0.25, 0.3) is 0 Å². The van der Waals surface area contributed by atoms with E-state index >= 15 is 0 Å². The number of anilines is 1. The molecule has 0 bridgehead atoms. The molecule has 1 aromatic heterocycles. The monoisotopic (exact) mass is 489 g/mol. The molecule has 3 aromatic rings. The van der Waals surface area contributed by atoms with Gasteiger partial charge in [0.25, 0.3) is 5.91 Å². The van der Waals surface area contributed by atoms with Gasteiger partial charge in [-0.25, -0.2) is 4.98 Å². The van der Waals surface area contributed by atoms with E-state index in [1.807, 2.05) is 12.1 Å². The highest BCUT2D eigenvalue weighted by molar-refractivity contribution is 6.88. The molecule has 0 saturated carbocycles. The largest absolute Gasteiger partial charge is 0.497 e. The molecule has 0 radical (unpaired) electrons. The van der Waals surface area contributed by atoms with Gasteiger partial charge in [0.1, 0.15) is 17.6 Å². The van der Waals surface area contributed by atoms with Gasteiger partial charge in [0.05, 0.1) is 20.7 Å². The number of methoxy groups -OCH3 is 1. The Hall–Kier alpha value is -3.78.